The van der Waals surface area contributed by atoms with Crippen LogP contribution in [0.3, 0.4) is 0 Å². The molecule has 0 atom stereocenters. The van der Waals surface area contributed by atoms with E-state index in [4.69, 9.17) is 21.1 Å². The Labute approximate surface area is 154 Å². The molecule has 9 nitrogen and oxygen atoms in total. The van der Waals surface area contributed by atoms with Crippen molar-refractivity contribution in [3.05, 3.63) is 22.3 Å². The largest absolute Gasteiger partial charge is 0.467 e. The zero-order valence-electron chi connectivity index (χ0n) is 13.3. The number of nitrogens with one attached hydrogen (secondary N) is 1. The lowest BCUT2D eigenvalue weighted by Gasteiger charge is -2.26. The van der Waals surface area contributed by atoms with E-state index in [1.54, 1.807) is 0 Å². The molecule has 1 aliphatic heterocycles. The lowest BCUT2D eigenvalue weighted by Crippen LogP contribution is -2.37. The second kappa shape index (κ2) is 7.79. The van der Waals surface area contributed by atoms with Crippen molar-refractivity contribution in [3.8, 4) is 6.01 Å². The molecule has 2 aromatic heterocycles. The fourth-order valence-corrected chi connectivity index (χ4v) is 4.64. The zero-order chi connectivity index (χ0) is 17.9. The fraction of sp³-hybridized carbons (Fsp3) is 0.462. The first-order valence-corrected chi connectivity index (χ1v) is 10.0. The van der Waals surface area contributed by atoms with Gasteiger partial charge in [0.15, 0.2) is 5.82 Å². The highest BCUT2D eigenvalue weighted by Gasteiger charge is 2.20. The Morgan fingerprint density at radius 2 is 2.08 bits per heavy atom. The smallest absolute Gasteiger partial charge is 0.321 e. The van der Waals surface area contributed by atoms with Crippen LogP contribution in [0, 0.1) is 0 Å². The number of hydrogen-bond donors (Lipinski definition) is 1. The average Bonchev–Trinajstić information content (AvgIpc) is 3.08. The molecule has 0 bridgehead atoms. The Bertz CT molecular complexity index is 839. The molecule has 0 aromatic carbocycles. The van der Waals surface area contributed by atoms with Crippen molar-refractivity contribution in [1.82, 2.24) is 19.7 Å². The highest BCUT2D eigenvalue weighted by molar-refractivity contribution is 7.91. The molecule has 1 fully saturated rings. The topological polar surface area (TPSA) is 107 Å². The number of hydrogen-bond acceptors (Lipinski definition) is 9. The second-order valence-corrected chi connectivity index (χ2v) is 8.73. The molecule has 12 heteroatoms. The third-order valence-corrected chi connectivity index (χ3v) is 6.48. The van der Waals surface area contributed by atoms with Crippen molar-refractivity contribution in [2.45, 2.75) is 10.8 Å². The summed E-state index contributed by atoms with van der Waals surface area (Å²) in [6, 6.07) is 3.11. The molecule has 3 rings (SSSR count). The standard InChI is InChI=1S/C13H16ClN5O4S2/c1-22-13-17-10(16-12(18-13)19-4-6-23-7-5-19)8-15-25(20,21)11-3-2-9(14)24-11/h2-3,15H,4-8H2,1H3. The van der Waals surface area contributed by atoms with Gasteiger partial charge in [0, 0.05) is 13.1 Å². The summed E-state index contributed by atoms with van der Waals surface area (Å²) in [6.07, 6.45) is 0. The number of sulfonamides is 1. The van der Waals surface area contributed by atoms with Gasteiger partial charge in [-0.15, -0.1) is 11.3 Å². The van der Waals surface area contributed by atoms with Gasteiger partial charge in [0.2, 0.25) is 5.95 Å². The van der Waals surface area contributed by atoms with Crippen LogP contribution in [0.15, 0.2) is 16.3 Å². The van der Waals surface area contributed by atoms with E-state index in [-0.39, 0.29) is 22.6 Å². The first-order chi connectivity index (χ1) is 12.0. The Morgan fingerprint density at radius 1 is 1.32 bits per heavy atom. The summed E-state index contributed by atoms with van der Waals surface area (Å²) in [5, 5.41) is 0. The number of thiophene rings is 1. The maximum atomic E-state index is 12.3. The average molecular weight is 406 g/mol. The zero-order valence-corrected chi connectivity index (χ0v) is 15.7. The lowest BCUT2D eigenvalue weighted by molar-refractivity contribution is 0.122. The van der Waals surface area contributed by atoms with E-state index in [2.05, 4.69) is 19.7 Å². The predicted molar refractivity (Wildman–Crippen MR) is 92.8 cm³/mol. The molecule has 136 valence electrons. The summed E-state index contributed by atoms with van der Waals surface area (Å²) in [6.45, 7) is 2.36. The predicted octanol–water partition coefficient (Wildman–Crippen LogP) is 0.910. The highest BCUT2D eigenvalue weighted by atomic mass is 35.5. The van der Waals surface area contributed by atoms with Crippen LogP contribution in [0.25, 0.3) is 0 Å². The van der Waals surface area contributed by atoms with Gasteiger partial charge in [-0.1, -0.05) is 11.6 Å². The van der Waals surface area contributed by atoms with Gasteiger partial charge < -0.3 is 14.4 Å². The molecular weight excluding hydrogens is 390 g/mol. The van der Waals surface area contributed by atoms with Gasteiger partial charge in [-0.3, -0.25) is 0 Å². The van der Waals surface area contributed by atoms with Gasteiger partial charge in [0.25, 0.3) is 10.0 Å². The summed E-state index contributed by atoms with van der Waals surface area (Å²) in [7, 11) is -2.24. The van der Waals surface area contributed by atoms with E-state index in [0.29, 0.717) is 36.6 Å². The van der Waals surface area contributed by atoms with E-state index in [1.807, 2.05) is 4.90 Å². The molecule has 0 saturated carbocycles. The molecule has 1 saturated heterocycles. The Hall–Kier alpha value is -1.53. The van der Waals surface area contributed by atoms with Crippen LogP contribution in [0.2, 0.25) is 4.34 Å². The monoisotopic (exact) mass is 405 g/mol. The minimum atomic E-state index is -3.69. The van der Waals surface area contributed by atoms with E-state index in [9.17, 15) is 8.42 Å². The molecule has 0 radical (unpaired) electrons. The number of halogens is 1. The second-order valence-electron chi connectivity index (χ2n) is 5.02. The van der Waals surface area contributed by atoms with Crippen LogP contribution in [-0.4, -0.2) is 56.8 Å². The maximum Gasteiger partial charge on any atom is 0.321 e. The number of ether oxygens (including phenoxy) is 2. The Morgan fingerprint density at radius 3 is 2.72 bits per heavy atom. The van der Waals surface area contributed by atoms with Gasteiger partial charge in [-0.25, -0.2) is 13.1 Å². The normalized spacial score (nSPS) is 15.4. The van der Waals surface area contributed by atoms with Crippen LogP contribution in [0.1, 0.15) is 5.82 Å². The van der Waals surface area contributed by atoms with Gasteiger partial charge in [-0.05, 0) is 12.1 Å². The minimum Gasteiger partial charge on any atom is -0.467 e. The van der Waals surface area contributed by atoms with Crippen molar-refractivity contribution in [2.24, 2.45) is 0 Å². The van der Waals surface area contributed by atoms with Crippen LogP contribution >= 0.6 is 22.9 Å². The summed E-state index contributed by atoms with van der Waals surface area (Å²) in [5.74, 6) is 0.697. The number of anilines is 1. The maximum absolute atomic E-state index is 12.3. The third kappa shape index (κ3) is 4.55. The molecule has 0 unspecified atom stereocenters. The molecule has 3 heterocycles. The van der Waals surface area contributed by atoms with Gasteiger partial charge in [0.05, 0.1) is 31.2 Å². The number of methoxy groups -OCH3 is 1. The van der Waals surface area contributed by atoms with E-state index in [1.165, 1.54) is 19.2 Å². The molecule has 2 aromatic rings. The van der Waals surface area contributed by atoms with Gasteiger partial charge >= 0.3 is 6.01 Å². The summed E-state index contributed by atoms with van der Waals surface area (Å²) < 4.78 is 37.9. The van der Waals surface area contributed by atoms with Crippen molar-refractivity contribution in [1.29, 1.82) is 0 Å². The number of morpholine rings is 1. The first kappa shape index (κ1) is 18.3. The number of nitrogens with zero attached hydrogens (tertiary/aromatic N) is 4. The van der Waals surface area contributed by atoms with Crippen molar-refractivity contribution >= 4 is 38.9 Å². The van der Waals surface area contributed by atoms with Crippen LogP contribution < -0.4 is 14.4 Å². The third-order valence-electron chi connectivity index (χ3n) is 3.36. The van der Waals surface area contributed by atoms with Crippen LogP contribution in [0.4, 0.5) is 5.95 Å². The molecule has 25 heavy (non-hydrogen) atoms. The molecule has 0 amide bonds. The van der Waals surface area contributed by atoms with Gasteiger partial charge in [0.1, 0.15) is 4.21 Å². The van der Waals surface area contributed by atoms with Gasteiger partial charge in [-0.2, -0.15) is 15.0 Å². The lowest BCUT2D eigenvalue weighted by atomic mass is 10.4. The van der Waals surface area contributed by atoms with Crippen molar-refractivity contribution in [2.75, 3.05) is 38.3 Å². The number of rotatable bonds is 6. The fourth-order valence-electron chi connectivity index (χ4n) is 2.13. The SMILES string of the molecule is COc1nc(CNS(=O)(=O)c2ccc(Cl)s2)nc(N2CCOCC2)n1. The molecule has 0 aliphatic carbocycles. The van der Waals surface area contributed by atoms with E-state index in [0.717, 1.165) is 11.3 Å². The van der Waals surface area contributed by atoms with Crippen molar-refractivity contribution in [3.63, 3.8) is 0 Å². The minimum absolute atomic E-state index is 0.0892. The molecule has 0 spiro atoms. The molecule has 1 N–H and O–H groups in total. The molecule has 1 aliphatic rings. The van der Waals surface area contributed by atoms with Crippen LogP contribution in [-0.2, 0) is 21.3 Å². The Kier molecular flexibility index (Phi) is 5.69. The quantitative estimate of drug-likeness (QED) is 0.755. The van der Waals surface area contributed by atoms with Crippen molar-refractivity contribution < 1.29 is 17.9 Å². The summed E-state index contributed by atoms with van der Waals surface area (Å²) >= 11 is 6.77. The summed E-state index contributed by atoms with van der Waals surface area (Å²) in [4.78, 5) is 14.6. The highest BCUT2D eigenvalue weighted by Crippen LogP contribution is 2.25. The van der Waals surface area contributed by atoms with E-state index >= 15 is 0 Å². The van der Waals surface area contributed by atoms with E-state index < -0.39 is 10.0 Å². The Balaban J connectivity index is 1.77. The summed E-state index contributed by atoms with van der Waals surface area (Å²) in [5.41, 5.74) is 0. The van der Waals surface area contributed by atoms with Crippen LogP contribution in [0.5, 0.6) is 6.01 Å². The molecular formula is C13H16ClN5O4S2. The number of aromatic nitrogens is 3. The first-order valence-electron chi connectivity index (χ1n) is 7.34.